The topological polar surface area (TPSA) is 80.3 Å². The fourth-order valence-electron chi connectivity index (χ4n) is 3.26. The Morgan fingerprint density at radius 1 is 1.07 bits per heavy atom. The van der Waals surface area contributed by atoms with Gasteiger partial charge >= 0.3 is 0 Å². The second-order valence-electron chi connectivity index (χ2n) is 7.21. The average molecular weight is 389 g/mol. The summed E-state index contributed by atoms with van der Waals surface area (Å²) in [6.07, 6.45) is 4.76. The van der Waals surface area contributed by atoms with Crippen LogP contribution in [0.1, 0.15) is 24.8 Å². The quantitative estimate of drug-likeness (QED) is 0.646. The molecule has 6 nitrogen and oxygen atoms in total. The molecule has 0 atom stereocenters. The molecule has 0 saturated heterocycles. The van der Waals surface area contributed by atoms with Gasteiger partial charge in [-0.15, -0.1) is 0 Å². The van der Waals surface area contributed by atoms with Crippen LogP contribution in [-0.2, 0) is 16.1 Å². The van der Waals surface area contributed by atoms with Gasteiger partial charge in [0.2, 0.25) is 5.91 Å². The maximum Gasteiger partial charge on any atom is 0.258 e. The summed E-state index contributed by atoms with van der Waals surface area (Å²) in [4.78, 5) is 28.6. The van der Waals surface area contributed by atoms with E-state index in [0.29, 0.717) is 12.3 Å². The number of anilines is 1. The number of fused-ring (bicyclic) bond motifs is 1. The van der Waals surface area contributed by atoms with Crippen molar-refractivity contribution in [1.82, 2.24) is 10.3 Å². The zero-order chi connectivity index (χ0) is 20.1. The molecule has 29 heavy (non-hydrogen) atoms. The molecule has 2 N–H and O–H groups in total. The lowest BCUT2D eigenvalue weighted by Crippen LogP contribution is -2.29. The third-order valence-electron chi connectivity index (χ3n) is 5.11. The van der Waals surface area contributed by atoms with E-state index in [1.807, 2.05) is 48.5 Å². The van der Waals surface area contributed by atoms with Gasteiger partial charge in [0, 0.05) is 29.7 Å². The summed E-state index contributed by atoms with van der Waals surface area (Å²) < 4.78 is 5.66. The van der Waals surface area contributed by atoms with Crippen LogP contribution >= 0.6 is 0 Å². The molecule has 2 amide bonds. The van der Waals surface area contributed by atoms with Gasteiger partial charge in [-0.3, -0.25) is 14.6 Å². The molecule has 1 fully saturated rings. The largest absolute Gasteiger partial charge is 0.481 e. The molecular weight excluding hydrogens is 366 g/mol. The van der Waals surface area contributed by atoms with Crippen molar-refractivity contribution >= 4 is 28.4 Å². The number of ether oxygens (including phenoxy) is 1. The molecule has 0 radical (unpaired) electrons. The predicted octanol–water partition coefficient (Wildman–Crippen LogP) is 3.67. The fourth-order valence-corrected chi connectivity index (χ4v) is 3.26. The summed E-state index contributed by atoms with van der Waals surface area (Å²) in [6, 6.07) is 17.0. The Balaban J connectivity index is 1.29. The van der Waals surface area contributed by atoms with Crippen LogP contribution in [0.4, 0.5) is 5.69 Å². The molecular formula is C23H23N3O3. The van der Waals surface area contributed by atoms with Crippen LogP contribution in [0.5, 0.6) is 5.75 Å². The number of nitrogens with one attached hydrogen (secondary N) is 2. The number of aromatic nitrogens is 1. The van der Waals surface area contributed by atoms with Gasteiger partial charge in [0.1, 0.15) is 11.3 Å². The molecule has 1 heterocycles. The Morgan fingerprint density at radius 3 is 2.72 bits per heavy atom. The maximum absolute atomic E-state index is 12.2. The second kappa shape index (κ2) is 8.73. The molecule has 0 spiro atoms. The third kappa shape index (κ3) is 4.71. The van der Waals surface area contributed by atoms with Gasteiger partial charge in [-0.1, -0.05) is 36.8 Å². The van der Waals surface area contributed by atoms with E-state index in [0.717, 1.165) is 41.4 Å². The number of hydrogen-bond acceptors (Lipinski definition) is 4. The molecule has 3 aromatic rings. The monoisotopic (exact) mass is 389 g/mol. The number of rotatable bonds is 7. The van der Waals surface area contributed by atoms with E-state index in [1.54, 1.807) is 12.3 Å². The van der Waals surface area contributed by atoms with Crippen LogP contribution in [0.25, 0.3) is 10.9 Å². The van der Waals surface area contributed by atoms with E-state index in [-0.39, 0.29) is 24.3 Å². The van der Waals surface area contributed by atoms with Crippen molar-refractivity contribution in [3.63, 3.8) is 0 Å². The molecule has 1 aliphatic rings. The zero-order valence-corrected chi connectivity index (χ0v) is 16.1. The van der Waals surface area contributed by atoms with Crippen molar-refractivity contribution in [3.05, 3.63) is 66.4 Å². The van der Waals surface area contributed by atoms with Crippen LogP contribution in [0, 0.1) is 5.92 Å². The summed E-state index contributed by atoms with van der Waals surface area (Å²) in [7, 11) is 0. The molecule has 1 aromatic heterocycles. The maximum atomic E-state index is 12.2. The van der Waals surface area contributed by atoms with Gasteiger partial charge in [0.25, 0.3) is 5.91 Å². The first kappa shape index (κ1) is 18.9. The summed E-state index contributed by atoms with van der Waals surface area (Å²) in [5, 5.41) is 6.76. The Morgan fingerprint density at radius 2 is 1.90 bits per heavy atom. The lowest BCUT2D eigenvalue weighted by molar-refractivity contribution is -0.123. The zero-order valence-electron chi connectivity index (χ0n) is 16.1. The average Bonchev–Trinajstić information content (AvgIpc) is 2.69. The van der Waals surface area contributed by atoms with E-state index in [9.17, 15) is 9.59 Å². The number of hydrogen-bond donors (Lipinski definition) is 2. The Hall–Kier alpha value is -3.41. The van der Waals surface area contributed by atoms with Crippen molar-refractivity contribution in [1.29, 1.82) is 0 Å². The van der Waals surface area contributed by atoms with Gasteiger partial charge in [0.15, 0.2) is 6.61 Å². The van der Waals surface area contributed by atoms with Crippen molar-refractivity contribution < 1.29 is 14.3 Å². The first-order valence-electron chi connectivity index (χ1n) is 9.82. The van der Waals surface area contributed by atoms with Crippen molar-refractivity contribution in [3.8, 4) is 5.75 Å². The summed E-state index contributed by atoms with van der Waals surface area (Å²) >= 11 is 0. The van der Waals surface area contributed by atoms with Crippen LogP contribution in [0.2, 0.25) is 0 Å². The van der Waals surface area contributed by atoms with Crippen molar-refractivity contribution in [2.45, 2.75) is 25.8 Å². The Bertz CT molecular complexity index is 1030. The second-order valence-corrected chi connectivity index (χ2v) is 7.21. The highest BCUT2D eigenvalue weighted by atomic mass is 16.5. The van der Waals surface area contributed by atoms with Crippen LogP contribution in [0.15, 0.2) is 60.8 Å². The molecule has 0 bridgehead atoms. The highest BCUT2D eigenvalue weighted by molar-refractivity contribution is 5.93. The summed E-state index contributed by atoms with van der Waals surface area (Å²) in [6.45, 7) is 0.275. The van der Waals surface area contributed by atoms with E-state index in [4.69, 9.17) is 4.74 Å². The smallest absolute Gasteiger partial charge is 0.258 e. The fraction of sp³-hybridized carbons (Fsp3) is 0.261. The molecule has 6 heteroatoms. The highest BCUT2D eigenvalue weighted by Gasteiger charge is 2.25. The van der Waals surface area contributed by atoms with E-state index < -0.39 is 0 Å². The molecule has 1 saturated carbocycles. The molecule has 4 rings (SSSR count). The van der Waals surface area contributed by atoms with Gasteiger partial charge in [0.05, 0.1) is 0 Å². The summed E-state index contributed by atoms with van der Waals surface area (Å²) in [5.41, 5.74) is 2.40. The molecule has 2 aromatic carbocycles. The number of benzene rings is 2. The highest BCUT2D eigenvalue weighted by Crippen LogP contribution is 2.27. The predicted molar refractivity (Wildman–Crippen MR) is 111 cm³/mol. The lowest BCUT2D eigenvalue weighted by Gasteiger charge is -2.24. The van der Waals surface area contributed by atoms with Crippen LogP contribution in [-0.4, -0.2) is 23.4 Å². The number of pyridine rings is 1. The van der Waals surface area contributed by atoms with Gasteiger partial charge in [-0.25, -0.2) is 0 Å². The van der Waals surface area contributed by atoms with E-state index in [1.165, 1.54) is 0 Å². The van der Waals surface area contributed by atoms with Crippen molar-refractivity contribution in [2.75, 3.05) is 11.9 Å². The lowest BCUT2D eigenvalue weighted by atomic mass is 9.85. The number of carbonyl (C=O) groups is 2. The number of nitrogens with zero attached hydrogens (tertiary/aromatic N) is 1. The standard InChI is InChI=1S/C23H23N3O3/c27-21(15-29-20-11-3-6-17-9-4-12-24-22(17)20)25-14-16-5-1-10-19(13-16)26-23(28)18-7-2-8-18/h1,3-6,9-13,18H,2,7-8,14-15H2,(H,25,27)(H,26,28). The van der Waals surface area contributed by atoms with E-state index >= 15 is 0 Å². The van der Waals surface area contributed by atoms with E-state index in [2.05, 4.69) is 15.6 Å². The molecule has 0 unspecified atom stereocenters. The van der Waals surface area contributed by atoms with Crippen LogP contribution < -0.4 is 15.4 Å². The SMILES string of the molecule is O=C(COc1cccc2cccnc12)NCc1cccc(NC(=O)C2CCC2)c1. The van der Waals surface area contributed by atoms with Crippen molar-refractivity contribution in [2.24, 2.45) is 5.92 Å². The Labute approximate surface area is 169 Å². The first-order chi connectivity index (χ1) is 14.2. The minimum atomic E-state index is -0.221. The minimum Gasteiger partial charge on any atom is -0.481 e. The normalized spacial score (nSPS) is 13.5. The van der Waals surface area contributed by atoms with Gasteiger partial charge < -0.3 is 15.4 Å². The molecule has 148 valence electrons. The van der Waals surface area contributed by atoms with Gasteiger partial charge in [-0.2, -0.15) is 0 Å². The molecule has 1 aliphatic carbocycles. The summed E-state index contributed by atoms with van der Waals surface area (Å²) in [5.74, 6) is 0.578. The minimum absolute atomic E-state index is 0.0783. The number of para-hydroxylation sites is 1. The first-order valence-corrected chi connectivity index (χ1v) is 9.82. The number of carbonyl (C=O) groups excluding carboxylic acids is 2. The van der Waals surface area contributed by atoms with Gasteiger partial charge in [-0.05, 0) is 42.7 Å². The number of amides is 2. The molecule has 0 aliphatic heterocycles. The van der Waals surface area contributed by atoms with Crippen LogP contribution in [0.3, 0.4) is 0 Å². The Kier molecular flexibility index (Phi) is 5.70. The third-order valence-corrected chi connectivity index (χ3v) is 5.11.